The Balaban J connectivity index is 0.00000225. The maximum atomic E-state index is 13.2. The molecule has 1 aromatic carbocycles. The predicted molar refractivity (Wildman–Crippen MR) is 106 cm³/mol. The second kappa shape index (κ2) is 8.28. The van der Waals surface area contributed by atoms with Gasteiger partial charge in [0.15, 0.2) is 5.69 Å². The summed E-state index contributed by atoms with van der Waals surface area (Å²) in [5, 5.41) is 11.7. The Morgan fingerprint density at radius 1 is 1.18 bits per heavy atom. The zero-order chi connectivity index (χ0) is 19.0. The Hall–Kier alpha value is -2.45. The zero-order valence-corrected chi connectivity index (χ0v) is 16.6. The topological polar surface area (TPSA) is 106 Å². The Kier molecular flexibility index (Phi) is 6.00. The normalized spacial score (nSPS) is 19.6. The van der Waals surface area contributed by atoms with Crippen LogP contribution in [0.15, 0.2) is 24.3 Å². The summed E-state index contributed by atoms with van der Waals surface area (Å²) in [5.74, 6) is -0.785. The molecule has 28 heavy (non-hydrogen) atoms. The molecule has 0 spiro atoms. The molecule has 0 radical (unpaired) electrons. The molecule has 2 aliphatic rings. The molecule has 2 amide bonds. The average molecular weight is 405 g/mol. The first kappa shape index (κ1) is 20.3. The smallest absolute Gasteiger partial charge is 0.277 e. The van der Waals surface area contributed by atoms with E-state index in [0.29, 0.717) is 18.7 Å². The third kappa shape index (κ3) is 3.62. The molecule has 1 saturated heterocycles. The summed E-state index contributed by atoms with van der Waals surface area (Å²) in [5.41, 5.74) is 8.75. The third-order valence-corrected chi connectivity index (χ3v) is 5.62. The quantitative estimate of drug-likeness (QED) is 0.793. The van der Waals surface area contributed by atoms with Gasteiger partial charge in [-0.3, -0.25) is 9.59 Å². The summed E-state index contributed by atoms with van der Waals surface area (Å²) in [6.07, 6.45) is 2.34. The molecule has 1 fully saturated rings. The van der Waals surface area contributed by atoms with Crippen LogP contribution in [0.3, 0.4) is 0 Å². The highest BCUT2D eigenvalue weighted by atomic mass is 35.5. The van der Waals surface area contributed by atoms with E-state index in [2.05, 4.69) is 15.6 Å². The Labute approximate surface area is 169 Å². The van der Waals surface area contributed by atoms with Gasteiger partial charge in [-0.2, -0.15) is 0 Å². The number of amides is 2. The summed E-state index contributed by atoms with van der Waals surface area (Å²) in [6, 6.07) is 7.40. The molecule has 3 N–H and O–H groups in total. The number of piperidine rings is 1. The minimum Gasteiger partial charge on any atom is -0.368 e. The third-order valence-electron chi connectivity index (χ3n) is 5.62. The number of benzene rings is 1. The second-order valence-corrected chi connectivity index (χ2v) is 7.27. The molecule has 0 bridgehead atoms. The number of carbonyl (C=O) groups excluding carboxylic acids is 2. The van der Waals surface area contributed by atoms with Crippen LogP contribution in [0, 0.1) is 6.92 Å². The summed E-state index contributed by atoms with van der Waals surface area (Å²) >= 11 is 0. The first-order valence-electron chi connectivity index (χ1n) is 9.36. The fourth-order valence-corrected chi connectivity index (χ4v) is 4.06. The number of nitrogens with zero attached hydrogens (tertiary/aromatic N) is 4. The van der Waals surface area contributed by atoms with Gasteiger partial charge in [0.05, 0.1) is 11.7 Å². The number of hydrogen-bond donors (Lipinski definition) is 2. The first-order valence-corrected chi connectivity index (χ1v) is 9.36. The van der Waals surface area contributed by atoms with Crippen LogP contribution in [0.4, 0.5) is 0 Å². The van der Waals surface area contributed by atoms with Crippen LogP contribution < -0.4 is 11.1 Å². The molecular weight excluding hydrogens is 380 g/mol. The fourth-order valence-electron chi connectivity index (χ4n) is 4.06. The van der Waals surface area contributed by atoms with Gasteiger partial charge >= 0.3 is 0 Å². The van der Waals surface area contributed by atoms with Crippen molar-refractivity contribution in [2.75, 3.05) is 13.1 Å². The van der Waals surface area contributed by atoms with Gasteiger partial charge in [0.1, 0.15) is 6.04 Å². The van der Waals surface area contributed by atoms with E-state index in [1.54, 1.807) is 0 Å². The second-order valence-electron chi connectivity index (χ2n) is 7.27. The highest BCUT2D eigenvalue weighted by Crippen LogP contribution is 2.26. The van der Waals surface area contributed by atoms with Gasteiger partial charge in [-0.1, -0.05) is 29.5 Å². The number of nitrogens with two attached hydrogens (primary N) is 1. The highest BCUT2D eigenvalue weighted by molar-refractivity contribution is 5.97. The molecule has 1 atom stereocenters. The summed E-state index contributed by atoms with van der Waals surface area (Å²) in [7, 11) is 0. The first-order chi connectivity index (χ1) is 13.1. The molecule has 3 heterocycles. The number of primary amides is 1. The van der Waals surface area contributed by atoms with Gasteiger partial charge in [-0.25, -0.2) is 4.68 Å². The molecule has 2 aromatic rings. The number of rotatable bonds is 3. The summed E-state index contributed by atoms with van der Waals surface area (Å²) in [4.78, 5) is 26.8. The lowest BCUT2D eigenvalue weighted by Crippen LogP contribution is -2.51. The van der Waals surface area contributed by atoms with E-state index in [4.69, 9.17) is 5.73 Å². The molecule has 0 aliphatic carbocycles. The minimum absolute atomic E-state index is 0. The molecule has 0 saturated carbocycles. The van der Waals surface area contributed by atoms with Crippen LogP contribution >= 0.6 is 12.4 Å². The van der Waals surface area contributed by atoms with E-state index in [-0.39, 0.29) is 24.4 Å². The zero-order valence-electron chi connectivity index (χ0n) is 15.8. The number of fused-ring (bicyclic) bond motifs is 1. The van der Waals surface area contributed by atoms with Gasteiger partial charge in [0.25, 0.3) is 5.91 Å². The molecule has 1 unspecified atom stereocenters. The van der Waals surface area contributed by atoms with Crippen LogP contribution in [0.5, 0.6) is 0 Å². The minimum atomic E-state index is -0.671. The lowest BCUT2D eigenvalue weighted by molar-refractivity contribution is -0.122. The van der Waals surface area contributed by atoms with Gasteiger partial charge in [-0.05, 0) is 44.0 Å². The molecular formula is C19H25ClN6O2. The molecule has 4 rings (SSSR count). The number of nitrogens with one attached hydrogen (secondary N) is 1. The predicted octanol–water partition coefficient (Wildman–Crippen LogP) is 0.985. The van der Waals surface area contributed by atoms with E-state index in [1.165, 1.54) is 4.90 Å². The van der Waals surface area contributed by atoms with Crippen molar-refractivity contribution in [3.63, 3.8) is 0 Å². The Morgan fingerprint density at radius 2 is 1.86 bits per heavy atom. The molecule has 8 nitrogen and oxygen atoms in total. The van der Waals surface area contributed by atoms with Crippen LogP contribution in [-0.4, -0.2) is 50.8 Å². The number of hydrogen-bond acceptors (Lipinski definition) is 5. The van der Waals surface area contributed by atoms with Gasteiger partial charge in [-0.15, -0.1) is 17.5 Å². The molecule has 1 aromatic heterocycles. The van der Waals surface area contributed by atoms with Crippen LogP contribution in [0.25, 0.3) is 0 Å². The average Bonchev–Trinajstić information content (AvgIpc) is 3.08. The van der Waals surface area contributed by atoms with Crippen LogP contribution in [0.2, 0.25) is 0 Å². The van der Waals surface area contributed by atoms with Crippen LogP contribution in [0.1, 0.15) is 46.2 Å². The van der Waals surface area contributed by atoms with E-state index >= 15 is 0 Å². The summed E-state index contributed by atoms with van der Waals surface area (Å²) in [6.45, 7) is 4.08. The molecule has 9 heteroatoms. The lowest BCUT2D eigenvalue weighted by Gasteiger charge is -2.34. The van der Waals surface area contributed by atoms with Crippen molar-refractivity contribution in [2.45, 2.75) is 44.8 Å². The van der Waals surface area contributed by atoms with E-state index < -0.39 is 11.9 Å². The van der Waals surface area contributed by atoms with Gasteiger partial charge < -0.3 is 16.0 Å². The van der Waals surface area contributed by atoms with Crippen molar-refractivity contribution in [1.29, 1.82) is 0 Å². The van der Waals surface area contributed by atoms with Gasteiger partial charge in [0, 0.05) is 13.0 Å². The monoisotopic (exact) mass is 404 g/mol. The highest BCUT2D eigenvalue weighted by Gasteiger charge is 2.36. The van der Waals surface area contributed by atoms with Crippen molar-refractivity contribution in [3.05, 3.63) is 46.8 Å². The Morgan fingerprint density at radius 3 is 2.54 bits per heavy atom. The van der Waals surface area contributed by atoms with E-state index in [1.807, 2.05) is 35.9 Å². The largest absolute Gasteiger partial charge is 0.368 e. The van der Waals surface area contributed by atoms with Crippen molar-refractivity contribution in [3.8, 4) is 0 Å². The SMILES string of the molecule is Cc1c(C(=O)N2Cc3ccccc3CC2C(N)=O)nnn1C1CCNCC1.Cl. The van der Waals surface area contributed by atoms with E-state index in [9.17, 15) is 9.59 Å². The van der Waals surface area contributed by atoms with Crippen molar-refractivity contribution in [2.24, 2.45) is 5.73 Å². The lowest BCUT2D eigenvalue weighted by atomic mass is 9.93. The Bertz CT molecular complexity index is 877. The maximum Gasteiger partial charge on any atom is 0.277 e. The van der Waals surface area contributed by atoms with Crippen molar-refractivity contribution in [1.82, 2.24) is 25.2 Å². The number of aromatic nitrogens is 3. The maximum absolute atomic E-state index is 13.2. The molecule has 2 aliphatic heterocycles. The fraction of sp³-hybridized carbons (Fsp3) is 0.474. The molecule has 150 valence electrons. The number of halogens is 1. The van der Waals surface area contributed by atoms with E-state index in [0.717, 1.165) is 42.8 Å². The van der Waals surface area contributed by atoms with Gasteiger partial charge in [0.2, 0.25) is 5.91 Å². The van der Waals surface area contributed by atoms with Crippen LogP contribution in [-0.2, 0) is 17.8 Å². The van der Waals surface area contributed by atoms with Crippen molar-refractivity contribution < 1.29 is 9.59 Å². The number of carbonyl (C=O) groups is 2. The van der Waals surface area contributed by atoms with Crippen molar-refractivity contribution >= 4 is 24.2 Å². The summed E-state index contributed by atoms with van der Waals surface area (Å²) < 4.78 is 1.85. The standard InChI is InChI=1S/C19H24N6O2.ClH/c1-12-17(22-23-25(12)15-6-8-21-9-7-15)19(27)24-11-14-5-3-2-4-13(14)10-16(24)18(20)26;/h2-5,15-16,21H,6-11H2,1H3,(H2,20,26);1H.